The Hall–Kier alpha value is -1.10. The molecule has 0 aromatic carbocycles. The van der Waals surface area contributed by atoms with Crippen molar-refractivity contribution in [1.82, 2.24) is 4.90 Å². The molecule has 13 heavy (non-hydrogen) atoms. The Morgan fingerprint density at radius 1 is 1.54 bits per heavy atom. The van der Waals surface area contributed by atoms with Gasteiger partial charge in [0.2, 0.25) is 5.91 Å². The summed E-state index contributed by atoms with van der Waals surface area (Å²) in [7, 11) is 1.64. The minimum Gasteiger partial charge on any atom is -0.479 e. The highest BCUT2D eigenvalue weighted by atomic mass is 16.5. The molecular formula is C8H15NO4. The van der Waals surface area contributed by atoms with E-state index in [-0.39, 0.29) is 12.5 Å². The molecule has 0 bridgehead atoms. The summed E-state index contributed by atoms with van der Waals surface area (Å²) in [6.45, 7) is 3.63. The second-order valence-electron chi connectivity index (χ2n) is 2.70. The number of rotatable bonds is 5. The Bertz CT molecular complexity index is 193. The molecule has 5 nitrogen and oxygen atoms in total. The smallest absolute Gasteiger partial charge is 0.332 e. The second kappa shape index (κ2) is 5.53. The van der Waals surface area contributed by atoms with Gasteiger partial charge in [0.25, 0.3) is 0 Å². The van der Waals surface area contributed by atoms with Crippen LogP contribution in [0.3, 0.4) is 0 Å². The molecule has 0 aliphatic rings. The summed E-state index contributed by atoms with van der Waals surface area (Å²) in [6.07, 6.45) is -0.936. The number of hydrogen-bond acceptors (Lipinski definition) is 3. The SMILES string of the molecule is CCN(C)C(=O)COC(C)C(=O)O. The number of carboxylic acid groups (broad SMARTS) is 1. The molecule has 1 atom stereocenters. The molecule has 0 heterocycles. The lowest BCUT2D eigenvalue weighted by Crippen LogP contribution is -2.32. The summed E-state index contributed by atoms with van der Waals surface area (Å²) in [5.74, 6) is -1.28. The Balaban J connectivity index is 3.76. The predicted octanol–water partition coefficient (Wildman–Crippen LogP) is -0.0456. The average Bonchev–Trinajstić information content (AvgIpc) is 2.11. The highest BCUT2D eigenvalue weighted by molar-refractivity contribution is 5.78. The van der Waals surface area contributed by atoms with Crippen molar-refractivity contribution in [2.24, 2.45) is 0 Å². The van der Waals surface area contributed by atoms with E-state index in [2.05, 4.69) is 0 Å². The lowest BCUT2D eigenvalue weighted by atomic mass is 10.4. The second-order valence-corrected chi connectivity index (χ2v) is 2.70. The van der Waals surface area contributed by atoms with Crippen LogP contribution in [0.5, 0.6) is 0 Å². The molecular weight excluding hydrogens is 174 g/mol. The molecule has 0 aromatic heterocycles. The summed E-state index contributed by atoms with van der Waals surface area (Å²) in [5, 5.41) is 8.44. The van der Waals surface area contributed by atoms with E-state index in [9.17, 15) is 9.59 Å². The summed E-state index contributed by atoms with van der Waals surface area (Å²) in [6, 6.07) is 0. The third kappa shape index (κ3) is 4.47. The van der Waals surface area contributed by atoms with Gasteiger partial charge in [-0.3, -0.25) is 4.79 Å². The number of likely N-dealkylation sites (N-methyl/N-ethyl adjacent to an activating group) is 1. The molecule has 76 valence electrons. The van der Waals surface area contributed by atoms with Crippen LogP contribution in [-0.4, -0.2) is 48.2 Å². The van der Waals surface area contributed by atoms with Crippen LogP contribution in [0.1, 0.15) is 13.8 Å². The van der Waals surface area contributed by atoms with Crippen LogP contribution in [0.4, 0.5) is 0 Å². The molecule has 0 fully saturated rings. The standard InChI is InChI=1S/C8H15NO4/c1-4-9(3)7(10)5-13-6(2)8(11)12/h6H,4-5H2,1-3H3,(H,11,12). The molecule has 0 rings (SSSR count). The maximum Gasteiger partial charge on any atom is 0.332 e. The minimum atomic E-state index is -1.06. The summed E-state index contributed by atoms with van der Waals surface area (Å²) < 4.78 is 4.80. The molecule has 0 spiro atoms. The number of hydrogen-bond donors (Lipinski definition) is 1. The highest BCUT2D eigenvalue weighted by Crippen LogP contribution is 1.92. The summed E-state index contributed by atoms with van der Waals surface area (Å²) >= 11 is 0. The first-order valence-electron chi connectivity index (χ1n) is 4.07. The lowest BCUT2D eigenvalue weighted by Gasteiger charge is -2.15. The first-order chi connectivity index (χ1) is 5.99. The number of amides is 1. The first-order valence-corrected chi connectivity index (χ1v) is 4.07. The zero-order valence-electron chi connectivity index (χ0n) is 8.11. The van der Waals surface area contributed by atoms with Crippen molar-refractivity contribution in [2.75, 3.05) is 20.2 Å². The Morgan fingerprint density at radius 2 is 2.08 bits per heavy atom. The van der Waals surface area contributed by atoms with E-state index in [1.165, 1.54) is 11.8 Å². The van der Waals surface area contributed by atoms with Gasteiger partial charge in [0, 0.05) is 13.6 Å². The average molecular weight is 189 g/mol. The summed E-state index contributed by atoms with van der Waals surface area (Å²) in [5.41, 5.74) is 0. The Kier molecular flexibility index (Phi) is 5.06. The monoisotopic (exact) mass is 189 g/mol. The van der Waals surface area contributed by atoms with Gasteiger partial charge >= 0.3 is 5.97 Å². The van der Waals surface area contributed by atoms with Gasteiger partial charge in [0.05, 0.1) is 0 Å². The van der Waals surface area contributed by atoms with Gasteiger partial charge in [-0.1, -0.05) is 0 Å². The van der Waals surface area contributed by atoms with Crippen molar-refractivity contribution < 1.29 is 19.4 Å². The molecule has 1 N–H and O–H groups in total. The Morgan fingerprint density at radius 3 is 2.46 bits per heavy atom. The van der Waals surface area contributed by atoms with Gasteiger partial charge in [0.15, 0.2) is 6.10 Å². The number of ether oxygens (including phenoxy) is 1. The molecule has 0 aliphatic carbocycles. The predicted molar refractivity (Wildman–Crippen MR) is 46.4 cm³/mol. The summed E-state index contributed by atoms with van der Waals surface area (Å²) in [4.78, 5) is 22.9. The lowest BCUT2D eigenvalue weighted by molar-refractivity contribution is -0.152. The van der Waals surface area contributed by atoms with Crippen LogP contribution in [0, 0.1) is 0 Å². The topological polar surface area (TPSA) is 66.8 Å². The zero-order chi connectivity index (χ0) is 10.4. The molecule has 1 unspecified atom stereocenters. The maximum absolute atomic E-state index is 11.1. The van der Waals surface area contributed by atoms with Crippen molar-refractivity contribution in [3.05, 3.63) is 0 Å². The van der Waals surface area contributed by atoms with Crippen molar-refractivity contribution >= 4 is 11.9 Å². The van der Waals surface area contributed by atoms with E-state index < -0.39 is 12.1 Å². The third-order valence-electron chi connectivity index (χ3n) is 1.70. The molecule has 0 aliphatic heterocycles. The van der Waals surface area contributed by atoms with Crippen LogP contribution < -0.4 is 0 Å². The van der Waals surface area contributed by atoms with Crippen LogP contribution in [-0.2, 0) is 14.3 Å². The van der Waals surface area contributed by atoms with E-state index in [0.717, 1.165) is 0 Å². The van der Waals surface area contributed by atoms with Crippen LogP contribution in [0.2, 0.25) is 0 Å². The van der Waals surface area contributed by atoms with E-state index in [1.807, 2.05) is 6.92 Å². The molecule has 0 saturated carbocycles. The molecule has 0 aromatic rings. The minimum absolute atomic E-state index is 0.183. The van der Waals surface area contributed by atoms with E-state index in [4.69, 9.17) is 9.84 Å². The molecule has 0 saturated heterocycles. The number of carbonyl (C=O) groups excluding carboxylic acids is 1. The van der Waals surface area contributed by atoms with Crippen molar-refractivity contribution in [3.63, 3.8) is 0 Å². The van der Waals surface area contributed by atoms with Gasteiger partial charge in [0.1, 0.15) is 6.61 Å². The van der Waals surface area contributed by atoms with Gasteiger partial charge in [-0.15, -0.1) is 0 Å². The molecule has 5 heteroatoms. The first kappa shape index (κ1) is 11.9. The third-order valence-corrected chi connectivity index (χ3v) is 1.70. The Labute approximate surface area is 77.3 Å². The van der Waals surface area contributed by atoms with Gasteiger partial charge in [-0.2, -0.15) is 0 Å². The largest absolute Gasteiger partial charge is 0.479 e. The number of carboxylic acids is 1. The quantitative estimate of drug-likeness (QED) is 0.658. The molecule has 0 radical (unpaired) electrons. The molecule has 1 amide bonds. The number of nitrogens with zero attached hydrogens (tertiary/aromatic N) is 1. The van der Waals surface area contributed by atoms with Crippen LogP contribution in [0.15, 0.2) is 0 Å². The van der Waals surface area contributed by atoms with Crippen molar-refractivity contribution in [1.29, 1.82) is 0 Å². The van der Waals surface area contributed by atoms with Crippen LogP contribution >= 0.6 is 0 Å². The van der Waals surface area contributed by atoms with E-state index >= 15 is 0 Å². The van der Waals surface area contributed by atoms with E-state index in [1.54, 1.807) is 7.05 Å². The fourth-order valence-electron chi connectivity index (χ4n) is 0.554. The normalized spacial score (nSPS) is 12.2. The van der Waals surface area contributed by atoms with Crippen LogP contribution in [0.25, 0.3) is 0 Å². The van der Waals surface area contributed by atoms with Crippen molar-refractivity contribution in [3.8, 4) is 0 Å². The van der Waals surface area contributed by atoms with Gasteiger partial charge in [-0.05, 0) is 13.8 Å². The maximum atomic E-state index is 11.1. The van der Waals surface area contributed by atoms with Gasteiger partial charge < -0.3 is 14.7 Å². The van der Waals surface area contributed by atoms with E-state index in [0.29, 0.717) is 6.54 Å². The highest BCUT2D eigenvalue weighted by Gasteiger charge is 2.14. The number of aliphatic carboxylic acids is 1. The number of carbonyl (C=O) groups is 2. The van der Waals surface area contributed by atoms with Crippen molar-refractivity contribution in [2.45, 2.75) is 20.0 Å². The fraction of sp³-hybridized carbons (Fsp3) is 0.750. The fourth-order valence-corrected chi connectivity index (χ4v) is 0.554. The zero-order valence-corrected chi connectivity index (χ0v) is 8.11. The van der Waals surface area contributed by atoms with Gasteiger partial charge in [-0.25, -0.2) is 4.79 Å².